The molecule has 1 saturated heterocycles. The number of fused-ring (bicyclic) bond motifs is 1. The van der Waals surface area contributed by atoms with Gasteiger partial charge in [-0.2, -0.15) is 0 Å². The lowest BCUT2D eigenvalue weighted by atomic mass is 10.1. The van der Waals surface area contributed by atoms with Crippen LogP contribution in [0.25, 0.3) is 16.9 Å². The minimum Gasteiger partial charge on any atom is -0.496 e. The quantitative estimate of drug-likeness (QED) is 0.744. The summed E-state index contributed by atoms with van der Waals surface area (Å²) in [7, 11) is 1.70. The molecule has 0 amide bonds. The van der Waals surface area contributed by atoms with Crippen molar-refractivity contribution >= 4 is 11.5 Å². The molecule has 3 aromatic rings. The second-order valence-corrected chi connectivity index (χ2v) is 5.99. The van der Waals surface area contributed by atoms with Gasteiger partial charge >= 0.3 is 0 Å². The lowest BCUT2D eigenvalue weighted by Gasteiger charge is -2.17. The van der Waals surface area contributed by atoms with Gasteiger partial charge in [0.2, 0.25) is 0 Å². The van der Waals surface area contributed by atoms with Crippen molar-refractivity contribution in [2.45, 2.75) is 19.8 Å². The van der Waals surface area contributed by atoms with E-state index in [1.807, 2.05) is 24.7 Å². The Hall–Kier alpha value is -2.56. The number of ether oxygens (including phenoxy) is 1. The molecule has 0 atom stereocenters. The van der Waals surface area contributed by atoms with Crippen LogP contribution in [0.15, 0.2) is 36.8 Å². The van der Waals surface area contributed by atoms with Crippen molar-refractivity contribution in [2.24, 2.45) is 0 Å². The number of aryl methyl sites for hydroxylation is 1. The van der Waals surface area contributed by atoms with Crippen LogP contribution in [0.2, 0.25) is 0 Å². The number of benzene rings is 1. The van der Waals surface area contributed by atoms with Gasteiger partial charge < -0.3 is 9.64 Å². The highest BCUT2D eigenvalue weighted by Crippen LogP contribution is 2.33. The maximum atomic E-state index is 5.54. The number of methoxy groups -OCH3 is 1. The molecule has 2 aromatic heterocycles. The molecule has 0 bridgehead atoms. The Bertz CT molecular complexity index is 849. The standard InChI is InChI=1S/C18H20N4O/c1-13-5-6-16(23-2)14(11-13)15-12-20-18-17(19-7-10-22(15)18)21-8-3-4-9-21/h5-7,10-12H,3-4,8-9H2,1-2H3. The second-order valence-electron chi connectivity index (χ2n) is 5.99. The SMILES string of the molecule is COc1ccc(C)cc1-c1cnc2c(N3CCCC3)nccn12. The van der Waals surface area contributed by atoms with Crippen LogP contribution < -0.4 is 9.64 Å². The van der Waals surface area contributed by atoms with Crippen LogP contribution in [-0.4, -0.2) is 34.6 Å². The Morgan fingerprint density at radius 1 is 1.13 bits per heavy atom. The molecule has 0 N–H and O–H groups in total. The minimum absolute atomic E-state index is 0.858. The van der Waals surface area contributed by atoms with Gasteiger partial charge in [0, 0.05) is 31.0 Å². The average molecular weight is 308 g/mol. The van der Waals surface area contributed by atoms with Crippen molar-refractivity contribution < 1.29 is 4.74 Å². The van der Waals surface area contributed by atoms with Crippen LogP contribution in [0, 0.1) is 6.92 Å². The van der Waals surface area contributed by atoms with Gasteiger partial charge in [-0.1, -0.05) is 11.6 Å². The van der Waals surface area contributed by atoms with E-state index in [2.05, 4.69) is 38.3 Å². The van der Waals surface area contributed by atoms with Crippen molar-refractivity contribution in [1.82, 2.24) is 14.4 Å². The summed E-state index contributed by atoms with van der Waals surface area (Å²) in [5.74, 6) is 1.83. The molecule has 0 spiro atoms. The highest BCUT2D eigenvalue weighted by molar-refractivity contribution is 5.75. The largest absolute Gasteiger partial charge is 0.496 e. The maximum Gasteiger partial charge on any atom is 0.180 e. The molecule has 0 aliphatic carbocycles. The number of nitrogens with zero attached hydrogens (tertiary/aromatic N) is 4. The van der Waals surface area contributed by atoms with Crippen LogP contribution in [0.4, 0.5) is 5.82 Å². The van der Waals surface area contributed by atoms with E-state index in [4.69, 9.17) is 4.74 Å². The van der Waals surface area contributed by atoms with Crippen LogP contribution in [0.1, 0.15) is 18.4 Å². The van der Waals surface area contributed by atoms with Gasteiger partial charge in [-0.05, 0) is 31.9 Å². The third-order valence-electron chi connectivity index (χ3n) is 4.45. The van der Waals surface area contributed by atoms with Crippen LogP contribution in [-0.2, 0) is 0 Å². The molecule has 3 heterocycles. The highest BCUT2D eigenvalue weighted by atomic mass is 16.5. The predicted molar refractivity (Wildman–Crippen MR) is 91.2 cm³/mol. The summed E-state index contributed by atoms with van der Waals surface area (Å²) in [5.41, 5.74) is 4.19. The molecule has 5 nitrogen and oxygen atoms in total. The first-order valence-electron chi connectivity index (χ1n) is 8.00. The van der Waals surface area contributed by atoms with Crippen LogP contribution in [0.3, 0.4) is 0 Å². The first-order valence-corrected chi connectivity index (χ1v) is 8.00. The van der Waals surface area contributed by atoms with E-state index in [-0.39, 0.29) is 0 Å². The molecule has 1 aliphatic rings. The highest BCUT2D eigenvalue weighted by Gasteiger charge is 2.19. The van der Waals surface area contributed by atoms with Crippen molar-refractivity contribution in [3.8, 4) is 17.0 Å². The van der Waals surface area contributed by atoms with Gasteiger partial charge in [0.05, 0.1) is 19.0 Å². The van der Waals surface area contributed by atoms with Gasteiger partial charge in [0.1, 0.15) is 5.75 Å². The van der Waals surface area contributed by atoms with Gasteiger partial charge in [0.25, 0.3) is 0 Å². The van der Waals surface area contributed by atoms with Crippen molar-refractivity contribution in [1.29, 1.82) is 0 Å². The average Bonchev–Trinajstić information content (AvgIpc) is 3.24. The number of hydrogen-bond donors (Lipinski definition) is 0. The van der Waals surface area contributed by atoms with Crippen molar-refractivity contribution in [3.63, 3.8) is 0 Å². The number of hydrogen-bond acceptors (Lipinski definition) is 4. The van der Waals surface area contributed by atoms with Crippen molar-refractivity contribution in [3.05, 3.63) is 42.4 Å². The number of anilines is 1. The number of imidazole rings is 1. The van der Waals surface area contributed by atoms with E-state index >= 15 is 0 Å². The molecule has 23 heavy (non-hydrogen) atoms. The van der Waals surface area contributed by atoms with Gasteiger partial charge in [-0.15, -0.1) is 0 Å². The summed E-state index contributed by atoms with van der Waals surface area (Å²) in [6.45, 7) is 4.20. The number of aromatic nitrogens is 3. The van der Waals surface area contributed by atoms with E-state index < -0.39 is 0 Å². The molecule has 4 rings (SSSR count). The second kappa shape index (κ2) is 5.57. The summed E-state index contributed by atoms with van der Waals surface area (Å²) in [5, 5.41) is 0. The summed E-state index contributed by atoms with van der Waals surface area (Å²) in [4.78, 5) is 11.5. The first kappa shape index (κ1) is 14.1. The lowest BCUT2D eigenvalue weighted by molar-refractivity contribution is 0.416. The fourth-order valence-corrected chi connectivity index (χ4v) is 3.28. The Morgan fingerprint density at radius 2 is 1.96 bits per heavy atom. The van der Waals surface area contributed by atoms with E-state index in [0.29, 0.717) is 0 Å². The molecule has 118 valence electrons. The Balaban J connectivity index is 1.89. The third kappa shape index (κ3) is 2.32. The predicted octanol–water partition coefficient (Wildman–Crippen LogP) is 3.31. The zero-order valence-electron chi connectivity index (χ0n) is 13.5. The molecule has 1 fully saturated rings. The van der Waals surface area contributed by atoms with E-state index in [1.165, 1.54) is 18.4 Å². The van der Waals surface area contributed by atoms with Gasteiger partial charge in [-0.25, -0.2) is 9.97 Å². The maximum absolute atomic E-state index is 5.54. The molecule has 1 aromatic carbocycles. The topological polar surface area (TPSA) is 42.7 Å². The van der Waals surface area contributed by atoms with Crippen LogP contribution >= 0.6 is 0 Å². The molecule has 0 saturated carbocycles. The Morgan fingerprint density at radius 3 is 2.74 bits per heavy atom. The summed E-state index contributed by atoms with van der Waals surface area (Å²) in [6, 6.07) is 6.20. The molecule has 1 aliphatic heterocycles. The van der Waals surface area contributed by atoms with Gasteiger partial charge in [-0.3, -0.25) is 4.40 Å². The zero-order valence-corrected chi connectivity index (χ0v) is 13.5. The molecular formula is C18H20N4O. The first-order chi connectivity index (χ1) is 11.3. The smallest absolute Gasteiger partial charge is 0.180 e. The molecule has 5 heteroatoms. The van der Waals surface area contributed by atoms with E-state index in [1.54, 1.807) is 7.11 Å². The Kier molecular flexibility index (Phi) is 3.41. The van der Waals surface area contributed by atoms with E-state index in [9.17, 15) is 0 Å². The molecule has 0 radical (unpaired) electrons. The van der Waals surface area contributed by atoms with E-state index in [0.717, 1.165) is 41.6 Å². The summed E-state index contributed by atoms with van der Waals surface area (Å²) < 4.78 is 7.65. The third-order valence-corrected chi connectivity index (χ3v) is 4.45. The van der Waals surface area contributed by atoms with Gasteiger partial charge in [0.15, 0.2) is 11.5 Å². The van der Waals surface area contributed by atoms with Crippen molar-refractivity contribution in [2.75, 3.05) is 25.1 Å². The zero-order chi connectivity index (χ0) is 15.8. The minimum atomic E-state index is 0.858. The lowest BCUT2D eigenvalue weighted by Crippen LogP contribution is -2.19. The number of rotatable bonds is 3. The fourth-order valence-electron chi connectivity index (χ4n) is 3.28. The summed E-state index contributed by atoms with van der Waals surface area (Å²) in [6.07, 6.45) is 8.19. The fraction of sp³-hybridized carbons (Fsp3) is 0.333. The Labute approximate surface area is 135 Å². The normalized spacial score (nSPS) is 14.6. The molecule has 0 unspecified atom stereocenters. The molecular weight excluding hydrogens is 288 g/mol. The van der Waals surface area contributed by atoms with Crippen LogP contribution in [0.5, 0.6) is 5.75 Å². The monoisotopic (exact) mass is 308 g/mol. The summed E-state index contributed by atoms with van der Waals surface area (Å²) >= 11 is 0.